The summed E-state index contributed by atoms with van der Waals surface area (Å²) in [5.41, 5.74) is 0. The van der Waals surface area contributed by atoms with Gasteiger partial charge >= 0.3 is 0 Å². The maximum Gasteiger partial charge on any atom is -0.0233 e. The summed E-state index contributed by atoms with van der Waals surface area (Å²) in [5, 5.41) is 0. The van der Waals surface area contributed by atoms with Gasteiger partial charge in [-0.25, -0.2) is 0 Å². The Labute approximate surface area is 121 Å². The van der Waals surface area contributed by atoms with E-state index in [1.54, 1.807) is 0 Å². The number of hydrogen-bond acceptors (Lipinski definition) is 0. The van der Waals surface area contributed by atoms with Crippen LogP contribution in [0.15, 0.2) is 24.3 Å². The summed E-state index contributed by atoms with van der Waals surface area (Å²) in [5.74, 6) is 1.75. The van der Waals surface area contributed by atoms with Crippen LogP contribution in [0.3, 0.4) is 0 Å². The lowest BCUT2D eigenvalue weighted by Crippen LogP contribution is -2.11. The third-order valence-corrected chi connectivity index (χ3v) is 4.31. The minimum Gasteiger partial charge on any atom is -0.0883 e. The van der Waals surface area contributed by atoms with Gasteiger partial charge in [-0.3, -0.25) is 0 Å². The molecule has 0 aromatic rings. The number of hydrogen-bond donors (Lipinski definition) is 0. The molecular weight excluding hydrogens is 228 g/mol. The van der Waals surface area contributed by atoms with E-state index in [1.807, 2.05) is 0 Å². The first-order valence-electron chi connectivity index (χ1n) is 8.70. The van der Waals surface area contributed by atoms with Gasteiger partial charge in [0.2, 0.25) is 0 Å². The van der Waals surface area contributed by atoms with E-state index in [0.29, 0.717) is 0 Å². The molecule has 0 aromatic heterocycles. The third kappa shape index (κ3) is 8.29. The van der Waals surface area contributed by atoms with E-state index >= 15 is 0 Å². The first kappa shape index (κ1) is 16.5. The van der Waals surface area contributed by atoms with Crippen LogP contribution in [0, 0.1) is 11.8 Å². The van der Waals surface area contributed by atoms with E-state index in [-0.39, 0.29) is 0 Å². The Balaban J connectivity index is 2.07. The van der Waals surface area contributed by atoms with Crippen molar-refractivity contribution in [3.05, 3.63) is 24.3 Å². The van der Waals surface area contributed by atoms with E-state index in [9.17, 15) is 0 Å². The summed E-state index contributed by atoms with van der Waals surface area (Å²) < 4.78 is 0. The maximum atomic E-state index is 2.51. The molecule has 0 amide bonds. The quantitative estimate of drug-likeness (QED) is 0.321. The highest BCUT2D eigenvalue weighted by Gasteiger charge is 2.16. The Kier molecular flexibility index (Phi) is 9.85. The SMILES string of the molecule is CCCC=CC1CCC(C=CCCCCCC)CC1. The van der Waals surface area contributed by atoms with Crippen molar-refractivity contribution in [2.45, 2.75) is 84.5 Å². The van der Waals surface area contributed by atoms with Gasteiger partial charge in [0, 0.05) is 0 Å². The molecule has 1 rings (SSSR count). The molecule has 0 N–H and O–H groups in total. The summed E-state index contributed by atoms with van der Waals surface area (Å²) in [7, 11) is 0. The van der Waals surface area contributed by atoms with Gasteiger partial charge in [0.05, 0.1) is 0 Å². The zero-order valence-electron chi connectivity index (χ0n) is 13.2. The Bertz CT molecular complexity index is 241. The van der Waals surface area contributed by atoms with Crippen LogP contribution in [0.2, 0.25) is 0 Å². The van der Waals surface area contributed by atoms with Crippen molar-refractivity contribution in [3.63, 3.8) is 0 Å². The molecule has 19 heavy (non-hydrogen) atoms. The van der Waals surface area contributed by atoms with Crippen LogP contribution in [-0.2, 0) is 0 Å². The summed E-state index contributed by atoms with van der Waals surface area (Å²) in [6.45, 7) is 4.54. The molecule has 0 spiro atoms. The fourth-order valence-corrected chi connectivity index (χ4v) is 2.96. The third-order valence-electron chi connectivity index (χ3n) is 4.31. The molecule has 0 bridgehead atoms. The predicted octanol–water partition coefficient (Wildman–Crippen LogP) is 6.68. The lowest BCUT2D eigenvalue weighted by atomic mass is 9.81. The van der Waals surface area contributed by atoms with Gasteiger partial charge in [-0.05, 0) is 56.8 Å². The van der Waals surface area contributed by atoms with Crippen molar-refractivity contribution in [3.8, 4) is 0 Å². The first-order valence-corrected chi connectivity index (χ1v) is 8.70. The summed E-state index contributed by atoms with van der Waals surface area (Å²) in [6.07, 6.45) is 24.9. The van der Waals surface area contributed by atoms with Gasteiger partial charge in [-0.2, -0.15) is 0 Å². The second-order valence-corrected chi connectivity index (χ2v) is 6.17. The van der Waals surface area contributed by atoms with Gasteiger partial charge in [0.1, 0.15) is 0 Å². The molecule has 0 aromatic carbocycles. The highest BCUT2D eigenvalue weighted by molar-refractivity contribution is 4.96. The smallest absolute Gasteiger partial charge is 0.0233 e. The zero-order valence-corrected chi connectivity index (χ0v) is 13.2. The van der Waals surface area contributed by atoms with Gasteiger partial charge < -0.3 is 0 Å². The molecule has 0 heteroatoms. The second-order valence-electron chi connectivity index (χ2n) is 6.17. The predicted molar refractivity (Wildman–Crippen MR) is 87.4 cm³/mol. The average molecular weight is 262 g/mol. The molecule has 1 fully saturated rings. The van der Waals surface area contributed by atoms with Crippen LogP contribution in [0.25, 0.3) is 0 Å². The van der Waals surface area contributed by atoms with Crippen LogP contribution in [0.4, 0.5) is 0 Å². The van der Waals surface area contributed by atoms with Crippen LogP contribution >= 0.6 is 0 Å². The van der Waals surface area contributed by atoms with Crippen molar-refractivity contribution in [1.82, 2.24) is 0 Å². The van der Waals surface area contributed by atoms with Gasteiger partial charge in [0.15, 0.2) is 0 Å². The van der Waals surface area contributed by atoms with E-state index in [4.69, 9.17) is 0 Å². The van der Waals surface area contributed by atoms with Crippen molar-refractivity contribution in [2.24, 2.45) is 11.8 Å². The monoisotopic (exact) mass is 262 g/mol. The van der Waals surface area contributed by atoms with Gasteiger partial charge in [-0.1, -0.05) is 63.8 Å². The fourth-order valence-electron chi connectivity index (χ4n) is 2.96. The normalized spacial score (nSPS) is 24.5. The minimum absolute atomic E-state index is 0.876. The Hall–Kier alpha value is -0.520. The molecule has 1 aliphatic rings. The van der Waals surface area contributed by atoms with Crippen LogP contribution < -0.4 is 0 Å². The second kappa shape index (κ2) is 11.3. The van der Waals surface area contributed by atoms with Gasteiger partial charge in [-0.15, -0.1) is 0 Å². The number of allylic oxidation sites excluding steroid dienone is 4. The summed E-state index contributed by atoms with van der Waals surface area (Å²) in [6, 6.07) is 0. The number of rotatable bonds is 9. The van der Waals surface area contributed by atoms with E-state index in [2.05, 4.69) is 38.2 Å². The van der Waals surface area contributed by atoms with Crippen LogP contribution in [0.5, 0.6) is 0 Å². The molecule has 0 heterocycles. The minimum atomic E-state index is 0.876. The van der Waals surface area contributed by atoms with Crippen molar-refractivity contribution < 1.29 is 0 Å². The zero-order chi connectivity index (χ0) is 13.8. The number of unbranched alkanes of at least 4 members (excludes halogenated alkanes) is 5. The fraction of sp³-hybridized carbons (Fsp3) is 0.789. The average Bonchev–Trinajstić information content (AvgIpc) is 2.44. The van der Waals surface area contributed by atoms with Crippen molar-refractivity contribution in [1.29, 1.82) is 0 Å². The van der Waals surface area contributed by atoms with E-state index in [1.165, 1.54) is 70.6 Å². The molecule has 0 nitrogen and oxygen atoms in total. The van der Waals surface area contributed by atoms with Crippen molar-refractivity contribution in [2.75, 3.05) is 0 Å². The molecule has 0 radical (unpaired) electrons. The molecule has 0 unspecified atom stereocenters. The molecule has 0 aliphatic heterocycles. The topological polar surface area (TPSA) is 0 Å². The lowest BCUT2D eigenvalue weighted by Gasteiger charge is -2.24. The molecule has 1 saturated carbocycles. The van der Waals surface area contributed by atoms with E-state index < -0.39 is 0 Å². The standard InChI is InChI=1S/C19H34/c1-3-5-7-8-9-11-13-19-16-14-18(15-17-19)12-10-6-4-2/h10-13,18-19H,3-9,14-17H2,1-2H3. The lowest BCUT2D eigenvalue weighted by molar-refractivity contribution is 0.355. The summed E-state index contributed by atoms with van der Waals surface area (Å²) in [4.78, 5) is 0. The van der Waals surface area contributed by atoms with Crippen LogP contribution in [0.1, 0.15) is 84.5 Å². The van der Waals surface area contributed by atoms with Gasteiger partial charge in [0.25, 0.3) is 0 Å². The highest BCUT2D eigenvalue weighted by atomic mass is 14.2. The molecule has 0 saturated heterocycles. The summed E-state index contributed by atoms with van der Waals surface area (Å²) >= 11 is 0. The van der Waals surface area contributed by atoms with Crippen LogP contribution in [-0.4, -0.2) is 0 Å². The molecule has 0 atom stereocenters. The largest absolute Gasteiger partial charge is 0.0883 e. The Morgan fingerprint density at radius 2 is 1.26 bits per heavy atom. The highest BCUT2D eigenvalue weighted by Crippen LogP contribution is 2.30. The Morgan fingerprint density at radius 1 is 0.684 bits per heavy atom. The maximum absolute atomic E-state index is 2.51. The van der Waals surface area contributed by atoms with Crippen molar-refractivity contribution >= 4 is 0 Å². The van der Waals surface area contributed by atoms with E-state index in [0.717, 1.165) is 11.8 Å². The molecule has 1 aliphatic carbocycles. The first-order chi connectivity index (χ1) is 9.36. The Morgan fingerprint density at radius 3 is 1.79 bits per heavy atom. The molecular formula is C19H34. The molecule has 110 valence electrons.